The molecule has 35 heavy (non-hydrogen) atoms. The molecule has 1 N–H and O–H groups in total. The molecule has 1 aromatic heterocycles. The van der Waals surface area contributed by atoms with E-state index >= 15 is 0 Å². The molecule has 0 radical (unpaired) electrons. The minimum Gasteiger partial charge on any atom is -0.493 e. The Balaban J connectivity index is 1.80. The van der Waals surface area contributed by atoms with Gasteiger partial charge < -0.3 is 24.1 Å². The first kappa shape index (κ1) is 24.7. The van der Waals surface area contributed by atoms with E-state index < -0.39 is 11.9 Å². The lowest BCUT2D eigenvalue weighted by Gasteiger charge is -2.32. The number of carbonyl (C=O) groups excluding carboxylic acids is 2. The average Bonchev–Trinajstić information content (AvgIpc) is 3.59. The van der Waals surface area contributed by atoms with E-state index in [2.05, 4.69) is 5.32 Å². The van der Waals surface area contributed by atoms with Crippen LogP contribution in [0.15, 0.2) is 65.3 Å². The molecule has 2 aromatic carbocycles. The summed E-state index contributed by atoms with van der Waals surface area (Å²) in [5, 5.41) is 3.66. The largest absolute Gasteiger partial charge is 0.493 e. The van der Waals surface area contributed by atoms with Gasteiger partial charge in [0.2, 0.25) is 5.91 Å². The molecule has 0 spiro atoms. The smallest absolute Gasteiger partial charge is 0.290 e. The third-order valence-corrected chi connectivity index (χ3v) is 6.64. The highest BCUT2D eigenvalue weighted by Crippen LogP contribution is 2.34. The van der Waals surface area contributed by atoms with Crippen LogP contribution >= 0.6 is 11.6 Å². The molecule has 1 aliphatic rings. The van der Waals surface area contributed by atoms with Crippen LogP contribution in [0.5, 0.6) is 11.5 Å². The van der Waals surface area contributed by atoms with E-state index in [1.165, 1.54) is 18.3 Å². The van der Waals surface area contributed by atoms with Gasteiger partial charge >= 0.3 is 0 Å². The zero-order valence-electron chi connectivity index (χ0n) is 19.8. The van der Waals surface area contributed by atoms with Crippen LogP contribution in [0.2, 0.25) is 5.02 Å². The van der Waals surface area contributed by atoms with E-state index in [0.29, 0.717) is 27.6 Å². The minimum atomic E-state index is -0.954. The van der Waals surface area contributed by atoms with Crippen LogP contribution in [-0.2, 0) is 11.3 Å². The van der Waals surface area contributed by atoms with Crippen LogP contribution in [0.1, 0.15) is 53.4 Å². The normalized spacial score (nSPS) is 14.4. The number of benzene rings is 2. The molecule has 4 rings (SSSR count). The van der Waals surface area contributed by atoms with Crippen molar-refractivity contribution in [3.63, 3.8) is 0 Å². The first-order valence-electron chi connectivity index (χ1n) is 11.6. The fraction of sp³-hybridized carbons (Fsp3) is 0.333. The zero-order chi connectivity index (χ0) is 24.8. The SMILES string of the molecule is COc1ccc([C@H](C(=O)NC2CCCC2)N(Cc2ccccc2Cl)C(=O)c2ccco2)cc1OC. The monoisotopic (exact) mass is 496 g/mol. The molecule has 8 heteroatoms. The Bertz CT molecular complexity index is 1160. The van der Waals surface area contributed by atoms with Crippen molar-refractivity contribution in [2.24, 2.45) is 0 Å². The summed E-state index contributed by atoms with van der Waals surface area (Å²) >= 11 is 6.45. The van der Waals surface area contributed by atoms with Gasteiger partial charge in [-0.05, 0) is 54.3 Å². The lowest BCUT2D eigenvalue weighted by atomic mass is 10.0. The molecule has 1 heterocycles. The highest BCUT2D eigenvalue weighted by Gasteiger charge is 2.35. The summed E-state index contributed by atoms with van der Waals surface area (Å²) in [5.74, 6) is 0.441. The molecule has 7 nitrogen and oxygen atoms in total. The summed E-state index contributed by atoms with van der Waals surface area (Å²) in [6, 6.07) is 14.9. The fourth-order valence-corrected chi connectivity index (χ4v) is 4.67. The maximum absolute atomic E-state index is 13.8. The Morgan fingerprint density at radius 1 is 1.06 bits per heavy atom. The van der Waals surface area contributed by atoms with Gasteiger partial charge in [0.25, 0.3) is 5.91 Å². The summed E-state index contributed by atoms with van der Waals surface area (Å²) < 4.78 is 16.3. The van der Waals surface area contributed by atoms with Crippen LogP contribution in [0.4, 0.5) is 0 Å². The van der Waals surface area contributed by atoms with Crippen LogP contribution in [0.3, 0.4) is 0 Å². The average molecular weight is 497 g/mol. The number of rotatable bonds is 9. The molecular weight excluding hydrogens is 468 g/mol. The predicted molar refractivity (Wildman–Crippen MR) is 133 cm³/mol. The van der Waals surface area contributed by atoms with Gasteiger partial charge in [0, 0.05) is 17.6 Å². The Labute approximate surface area is 210 Å². The number of nitrogens with one attached hydrogen (secondary N) is 1. The molecule has 1 saturated carbocycles. The van der Waals surface area contributed by atoms with Gasteiger partial charge in [-0.3, -0.25) is 9.59 Å². The van der Waals surface area contributed by atoms with Gasteiger partial charge in [0.05, 0.1) is 20.5 Å². The summed E-state index contributed by atoms with van der Waals surface area (Å²) in [7, 11) is 3.08. The number of amides is 2. The van der Waals surface area contributed by atoms with Gasteiger partial charge in [-0.15, -0.1) is 0 Å². The van der Waals surface area contributed by atoms with Crippen molar-refractivity contribution in [1.82, 2.24) is 10.2 Å². The molecule has 184 valence electrons. The van der Waals surface area contributed by atoms with Crippen molar-refractivity contribution in [2.75, 3.05) is 14.2 Å². The number of halogens is 1. The van der Waals surface area contributed by atoms with Crippen LogP contribution in [0.25, 0.3) is 0 Å². The second-order valence-electron chi connectivity index (χ2n) is 8.51. The van der Waals surface area contributed by atoms with Crippen molar-refractivity contribution < 1.29 is 23.5 Å². The van der Waals surface area contributed by atoms with Gasteiger partial charge in [0.15, 0.2) is 17.3 Å². The zero-order valence-corrected chi connectivity index (χ0v) is 20.6. The Morgan fingerprint density at radius 2 is 1.80 bits per heavy atom. The standard InChI is InChI=1S/C27H29ClN2O5/c1-33-22-14-13-18(16-24(22)34-2)25(26(31)29-20-9-4-5-10-20)30(27(32)23-12-7-15-35-23)17-19-8-3-6-11-21(19)28/h3,6-8,11-16,20,25H,4-5,9-10,17H2,1-2H3,(H,29,31)/t25-/m1/s1. The second kappa shape index (κ2) is 11.3. The fourth-order valence-electron chi connectivity index (χ4n) is 4.48. The minimum absolute atomic E-state index is 0.0750. The van der Waals surface area contributed by atoms with Gasteiger partial charge in [-0.1, -0.05) is 48.7 Å². The lowest BCUT2D eigenvalue weighted by Crippen LogP contribution is -2.45. The summed E-state index contributed by atoms with van der Waals surface area (Å²) in [5.41, 5.74) is 1.30. The lowest BCUT2D eigenvalue weighted by molar-refractivity contribution is -0.126. The molecule has 0 saturated heterocycles. The van der Waals surface area contributed by atoms with Gasteiger partial charge in [0.1, 0.15) is 6.04 Å². The van der Waals surface area contributed by atoms with E-state index in [1.54, 1.807) is 43.5 Å². The van der Waals surface area contributed by atoms with E-state index in [9.17, 15) is 9.59 Å². The first-order valence-corrected chi connectivity index (χ1v) is 12.0. The molecule has 0 unspecified atom stereocenters. The number of carbonyl (C=O) groups is 2. The molecular formula is C27H29ClN2O5. The third kappa shape index (κ3) is 5.62. The molecule has 3 aromatic rings. The maximum atomic E-state index is 13.8. The Morgan fingerprint density at radius 3 is 2.46 bits per heavy atom. The van der Waals surface area contributed by atoms with Crippen LogP contribution < -0.4 is 14.8 Å². The van der Waals surface area contributed by atoms with E-state index in [0.717, 1.165) is 25.7 Å². The molecule has 1 atom stereocenters. The van der Waals surface area contributed by atoms with E-state index in [4.69, 9.17) is 25.5 Å². The van der Waals surface area contributed by atoms with Crippen molar-refractivity contribution in [3.05, 3.63) is 82.8 Å². The van der Waals surface area contributed by atoms with E-state index in [-0.39, 0.29) is 24.3 Å². The first-order chi connectivity index (χ1) is 17.0. The third-order valence-electron chi connectivity index (χ3n) is 6.28. The quantitative estimate of drug-likeness (QED) is 0.429. The van der Waals surface area contributed by atoms with Crippen molar-refractivity contribution >= 4 is 23.4 Å². The molecule has 2 amide bonds. The maximum Gasteiger partial charge on any atom is 0.290 e. The predicted octanol–water partition coefficient (Wildman–Crippen LogP) is 5.39. The van der Waals surface area contributed by atoms with Crippen molar-refractivity contribution in [1.29, 1.82) is 0 Å². The highest BCUT2D eigenvalue weighted by atomic mass is 35.5. The van der Waals surface area contributed by atoms with Crippen molar-refractivity contribution in [2.45, 2.75) is 44.3 Å². The molecule has 0 bridgehead atoms. The topological polar surface area (TPSA) is 81.0 Å². The highest BCUT2D eigenvalue weighted by molar-refractivity contribution is 6.31. The molecule has 0 aliphatic heterocycles. The molecule has 1 aliphatic carbocycles. The second-order valence-corrected chi connectivity index (χ2v) is 8.92. The van der Waals surface area contributed by atoms with Gasteiger partial charge in [-0.25, -0.2) is 0 Å². The summed E-state index contributed by atoms with van der Waals surface area (Å²) in [6.45, 7) is 0.107. The van der Waals surface area contributed by atoms with Crippen molar-refractivity contribution in [3.8, 4) is 11.5 Å². The van der Waals surface area contributed by atoms with E-state index in [1.807, 2.05) is 18.2 Å². The summed E-state index contributed by atoms with van der Waals surface area (Å²) in [6.07, 6.45) is 5.41. The Kier molecular flexibility index (Phi) is 7.98. The summed E-state index contributed by atoms with van der Waals surface area (Å²) in [4.78, 5) is 29.0. The molecule has 1 fully saturated rings. The number of nitrogens with zero attached hydrogens (tertiary/aromatic N) is 1. The Hall–Kier alpha value is -3.45. The number of hydrogen-bond acceptors (Lipinski definition) is 5. The van der Waals surface area contributed by atoms with Crippen LogP contribution in [0, 0.1) is 0 Å². The number of hydrogen-bond donors (Lipinski definition) is 1. The number of furan rings is 1. The van der Waals surface area contributed by atoms with Crippen LogP contribution in [-0.4, -0.2) is 37.0 Å². The van der Waals surface area contributed by atoms with Gasteiger partial charge in [-0.2, -0.15) is 0 Å². The number of ether oxygens (including phenoxy) is 2. The number of methoxy groups -OCH3 is 2.